The van der Waals surface area contributed by atoms with Crippen molar-refractivity contribution in [1.29, 1.82) is 0 Å². The number of hydrogen-bond acceptors (Lipinski definition) is 3. The van der Waals surface area contributed by atoms with Crippen LogP contribution in [0.4, 0.5) is 10.1 Å². The van der Waals surface area contributed by atoms with Crippen LogP contribution in [-0.2, 0) is 0 Å². The number of carbonyl (C=O) groups excluding carboxylic acids is 1. The summed E-state index contributed by atoms with van der Waals surface area (Å²) in [5.41, 5.74) is 5.84. The lowest BCUT2D eigenvalue weighted by Gasteiger charge is -2.05. The summed E-state index contributed by atoms with van der Waals surface area (Å²) in [6.45, 7) is 0.208. The van der Waals surface area contributed by atoms with Gasteiger partial charge in [0, 0.05) is 5.56 Å². The van der Waals surface area contributed by atoms with Gasteiger partial charge in [0.2, 0.25) is 0 Å². The van der Waals surface area contributed by atoms with Crippen LogP contribution in [0.5, 0.6) is 0 Å². The molecule has 2 rings (SSSR count). The molecule has 6 heteroatoms. The highest BCUT2D eigenvalue weighted by Crippen LogP contribution is 2.23. The summed E-state index contributed by atoms with van der Waals surface area (Å²) in [5, 5.41) is 2.49. The van der Waals surface area contributed by atoms with E-state index in [1.807, 2.05) is 0 Å². The van der Waals surface area contributed by atoms with Gasteiger partial charge in [-0.2, -0.15) is 0 Å². The molecule has 102 valence electrons. The number of halogens is 2. The van der Waals surface area contributed by atoms with E-state index in [1.54, 1.807) is 18.2 Å². The number of thiophene rings is 1. The Kier molecular flexibility index (Phi) is 4.74. The molecule has 3 nitrogen and oxygen atoms in total. The van der Waals surface area contributed by atoms with Crippen molar-refractivity contribution in [3.63, 3.8) is 0 Å². The summed E-state index contributed by atoms with van der Waals surface area (Å²) in [6, 6.07) is 7.52. The number of nitrogens with two attached hydrogens (primary N) is 1. The van der Waals surface area contributed by atoms with Crippen LogP contribution in [0.2, 0.25) is 4.34 Å². The van der Waals surface area contributed by atoms with Gasteiger partial charge in [-0.15, -0.1) is 11.3 Å². The molecule has 0 bridgehead atoms. The summed E-state index contributed by atoms with van der Waals surface area (Å²) in [5.74, 6) is 4.40. The molecule has 3 N–H and O–H groups in total. The van der Waals surface area contributed by atoms with Crippen molar-refractivity contribution in [1.82, 2.24) is 0 Å². The molecule has 0 aliphatic carbocycles. The van der Waals surface area contributed by atoms with Gasteiger partial charge in [-0.1, -0.05) is 23.4 Å². The molecule has 1 heterocycles. The van der Waals surface area contributed by atoms with E-state index in [0.29, 0.717) is 14.8 Å². The van der Waals surface area contributed by atoms with Crippen LogP contribution >= 0.6 is 22.9 Å². The first-order valence-corrected chi connectivity index (χ1v) is 6.85. The van der Waals surface area contributed by atoms with E-state index < -0.39 is 11.7 Å². The fourth-order valence-corrected chi connectivity index (χ4v) is 2.41. The third kappa shape index (κ3) is 3.58. The van der Waals surface area contributed by atoms with Crippen molar-refractivity contribution in [2.24, 2.45) is 5.73 Å². The second kappa shape index (κ2) is 6.53. The lowest BCUT2D eigenvalue weighted by molar-refractivity contribution is 0.103. The SMILES string of the molecule is NCC#Cc1ccc(NC(=O)c2ccc(Cl)s2)c(F)c1. The number of hydrogen-bond donors (Lipinski definition) is 2. The Morgan fingerprint density at radius 1 is 1.40 bits per heavy atom. The molecule has 0 spiro atoms. The van der Waals surface area contributed by atoms with E-state index in [1.165, 1.54) is 12.1 Å². The summed E-state index contributed by atoms with van der Waals surface area (Å²) in [7, 11) is 0. The maximum absolute atomic E-state index is 13.8. The van der Waals surface area contributed by atoms with E-state index in [-0.39, 0.29) is 12.2 Å². The molecule has 0 fully saturated rings. The minimum Gasteiger partial charge on any atom is -0.320 e. The second-order valence-corrected chi connectivity index (χ2v) is 5.47. The maximum Gasteiger partial charge on any atom is 0.265 e. The van der Waals surface area contributed by atoms with E-state index in [2.05, 4.69) is 17.2 Å². The normalized spacial score (nSPS) is 9.75. The van der Waals surface area contributed by atoms with Gasteiger partial charge in [0.1, 0.15) is 5.82 Å². The molecule has 0 saturated heterocycles. The van der Waals surface area contributed by atoms with Crippen LogP contribution in [0.25, 0.3) is 0 Å². The average molecular weight is 309 g/mol. The maximum atomic E-state index is 13.8. The standard InChI is InChI=1S/C14H10ClFN2OS/c15-13-6-5-12(20-13)14(19)18-11-4-3-9(2-1-7-17)8-10(11)16/h3-6,8H,7,17H2,(H,18,19). The van der Waals surface area contributed by atoms with Crippen LogP contribution in [0.1, 0.15) is 15.2 Å². The number of rotatable bonds is 2. The lowest BCUT2D eigenvalue weighted by Crippen LogP contribution is -2.11. The van der Waals surface area contributed by atoms with Crippen LogP contribution < -0.4 is 11.1 Å². The van der Waals surface area contributed by atoms with Gasteiger partial charge >= 0.3 is 0 Å². The number of nitrogens with one attached hydrogen (secondary N) is 1. The van der Waals surface area contributed by atoms with Gasteiger partial charge in [-0.3, -0.25) is 4.79 Å². The largest absolute Gasteiger partial charge is 0.320 e. The molecule has 0 aliphatic heterocycles. The molecule has 1 amide bonds. The van der Waals surface area contributed by atoms with Crippen molar-refractivity contribution >= 4 is 34.5 Å². The van der Waals surface area contributed by atoms with Gasteiger partial charge in [0.05, 0.1) is 21.4 Å². The summed E-state index contributed by atoms with van der Waals surface area (Å²) in [4.78, 5) is 12.3. The number of benzene rings is 1. The van der Waals surface area contributed by atoms with Crippen molar-refractivity contribution in [3.8, 4) is 11.8 Å². The predicted octanol–water partition coefficient (Wildman–Crippen LogP) is 3.10. The van der Waals surface area contributed by atoms with Crippen LogP contribution in [0.15, 0.2) is 30.3 Å². The Balaban J connectivity index is 2.16. The Morgan fingerprint density at radius 3 is 2.80 bits per heavy atom. The van der Waals surface area contributed by atoms with Crippen molar-refractivity contribution in [2.45, 2.75) is 0 Å². The van der Waals surface area contributed by atoms with E-state index >= 15 is 0 Å². The van der Waals surface area contributed by atoms with Crippen LogP contribution in [0, 0.1) is 17.7 Å². The molecule has 0 radical (unpaired) electrons. The van der Waals surface area contributed by atoms with Gasteiger partial charge in [-0.05, 0) is 30.3 Å². The molecular weight excluding hydrogens is 299 g/mol. The molecule has 0 atom stereocenters. The molecular formula is C14H10ClFN2OS. The van der Waals surface area contributed by atoms with Gasteiger partial charge in [-0.25, -0.2) is 4.39 Å². The highest BCUT2D eigenvalue weighted by molar-refractivity contribution is 7.18. The van der Waals surface area contributed by atoms with Gasteiger partial charge < -0.3 is 11.1 Å². The topological polar surface area (TPSA) is 55.1 Å². The smallest absolute Gasteiger partial charge is 0.265 e. The van der Waals surface area contributed by atoms with Crippen molar-refractivity contribution in [2.75, 3.05) is 11.9 Å². The fraction of sp³-hybridized carbons (Fsp3) is 0.0714. The molecule has 0 saturated carbocycles. The summed E-state index contributed by atoms with van der Waals surface area (Å²) in [6.07, 6.45) is 0. The second-order valence-electron chi connectivity index (χ2n) is 3.76. The molecule has 0 unspecified atom stereocenters. The van der Waals surface area contributed by atoms with E-state index in [0.717, 1.165) is 11.3 Å². The zero-order valence-electron chi connectivity index (χ0n) is 10.2. The predicted molar refractivity (Wildman–Crippen MR) is 79.6 cm³/mol. The Hall–Kier alpha value is -1.87. The van der Waals surface area contributed by atoms with Gasteiger partial charge in [0.15, 0.2) is 0 Å². The van der Waals surface area contributed by atoms with Crippen LogP contribution in [0.3, 0.4) is 0 Å². The van der Waals surface area contributed by atoms with E-state index in [4.69, 9.17) is 17.3 Å². The van der Waals surface area contributed by atoms with Crippen molar-refractivity contribution in [3.05, 3.63) is 50.9 Å². The highest BCUT2D eigenvalue weighted by atomic mass is 35.5. The monoisotopic (exact) mass is 308 g/mol. The van der Waals surface area contributed by atoms with Crippen molar-refractivity contribution < 1.29 is 9.18 Å². The van der Waals surface area contributed by atoms with Crippen LogP contribution in [-0.4, -0.2) is 12.5 Å². The third-order valence-electron chi connectivity index (χ3n) is 2.35. The molecule has 20 heavy (non-hydrogen) atoms. The summed E-state index contributed by atoms with van der Waals surface area (Å²) < 4.78 is 14.3. The minimum atomic E-state index is -0.551. The first-order valence-electron chi connectivity index (χ1n) is 5.65. The Labute approximate surface area is 124 Å². The number of anilines is 1. The zero-order chi connectivity index (χ0) is 14.5. The number of amides is 1. The Morgan fingerprint density at radius 2 is 2.20 bits per heavy atom. The molecule has 1 aromatic heterocycles. The Bertz CT molecular complexity index is 703. The number of carbonyl (C=O) groups is 1. The molecule has 1 aromatic carbocycles. The summed E-state index contributed by atoms with van der Waals surface area (Å²) >= 11 is 6.88. The average Bonchev–Trinajstić information content (AvgIpc) is 2.86. The lowest BCUT2D eigenvalue weighted by atomic mass is 10.2. The molecule has 2 aromatic rings. The fourth-order valence-electron chi connectivity index (χ4n) is 1.47. The van der Waals surface area contributed by atoms with Gasteiger partial charge in [0.25, 0.3) is 5.91 Å². The highest BCUT2D eigenvalue weighted by Gasteiger charge is 2.11. The van der Waals surface area contributed by atoms with E-state index in [9.17, 15) is 9.18 Å². The minimum absolute atomic E-state index is 0.0952. The first-order chi connectivity index (χ1) is 9.60. The quantitative estimate of drug-likeness (QED) is 0.838. The molecule has 0 aliphatic rings. The third-order valence-corrected chi connectivity index (χ3v) is 3.58. The first kappa shape index (κ1) is 14.5. The zero-order valence-corrected chi connectivity index (χ0v) is 11.8.